The number of hydrogen-bond acceptors (Lipinski definition) is 2. The van der Waals surface area contributed by atoms with E-state index in [4.69, 9.17) is 5.73 Å². The second-order valence-electron chi connectivity index (χ2n) is 4.36. The normalized spacial score (nSPS) is 14.7. The molecule has 2 nitrogen and oxygen atoms in total. The Bertz CT molecular complexity index is 355. The molecule has 1 aromatic rings. The van der Waals surface area contributed by atoms with Crippen LogP contribution < -0.4 is 5.73 Å². The molecule has 1 rings (SSSR count). The number of carbonyl (C=O) groups excluding carboxylic acids is 1. The maximum absolute atomic E-state index is 11.9. The van der Waals surface area contributed by atoms with Crippen LogP contribution in [0.3, 0.4) is 0 Å². The Balaban J connectivity index is 2.75. The van der Waals surface area contributed by atoms with Crippen LogP contribution in [-0.4, -0.2) is 11.3 Å². The van der Waals surface area contributed by atoms with Crippen molar-refractivity contribution in [2.24, 2.45) is 5.73 Å². The van der Waals surface area contributed by atoms with Crippen molar-refractivity contribution in [1.82, 2.24) is 0 Å². The fourth-order valence-corrected chi connectivity index (χ4v) is 1.41. The zero-order valence-electron chi connectivity index (χ0n) is 9.71. The van der Waals surface area contributed by atoms with Crippen molar-refractivity contribution in [2.75, 3.05) is 0 Å². The number of benzene rings is 1. The molecule has 0 aliphatic heterocycles. The Hall–Kier alpha value is -1.15. The fourth-order valence-electron chi connectivity index (χ4n) is 1.41. The van der Waals surface area contributed by atoms with E-state index in [1.807, 2.05) is 38.1 Å². The van der Waals surface area contributed by atoms with Crippen LogP contribution in [0, 0.1) is 6.92 Å². The molecule has 0 saturated heterocycles. The molecule has 1 aromatic carbocycles. The van der Waals surface area contributed by atoms with Crippen molar-refractivity contribution in [1.29, 1.82) is 0 Å². The van der Waals surface area contributed by atoms with Gasteiger partial charge in [0.05, 0.1) is 5.54 Å². The average molecular weight is 205 g/mol. The number of rotatable bonds is 4. The van der Waals surface area contributed by atoms with Gasteiger partial charge in [0.25, 0.3) is 0 Å². The van der Waals surface area contributed by atoms with E-state index in [1.165, 1.54) is 5.56 Å². The Labute approximate surface area is 91.5 Å². The molecule has 0 radical (unpaired) electrons. The molecule has 15 heavy (non-hydrogen) atoms. The van der Waals surface area contributed by atoms with Gasteiger partial charge in [-0.05, 0) is 25.8 Å². The number of hydrogen-bond donors (Lipinski definition) is 1. The highest BCUT2D eigenvalue weighted by Crippen LogP contribution is 2.12. The lowest BCUT2D eigenvalue weighted by atomic mass is 9.90. The van der Waals surface area contributed by atoms with Crippen LogP contribution in [0.25, 0.3) is 0 Å². The lowest BCUT2D eigenvalue weighted by Crippen LogP contribution is -2.45. The monoisotopic (exact) mass is 205 g/mol. The molecule has 0 amide bonds. The van der Waals surface area contributed by atoms with Crippen molar-refractivity contribution in [3.63, 3.8) is 0 Å². The summed E-state index contributed by atoms with van der Waals surface area (Å²) in [5, 5.41) is 0. The highest BCUT2D eigenvalue weighted by Gasteiger charge is 2.25. The Kier molecular flexibility index (Phi) is 3.64. The molecular formula is C13H19NO. The lowest BCUT2D eigenvalue weighted by molar-refractivity contribution is -0.123. The first kappa shape index (κ1) is 11.9. The van der Waals surface area contributed by atoms with Crippen molar-refractivity contribution >= 4 is 5.78 Å². The van der Waals surface area contributed by atoms with Gasteiger partial charge in [-0.3, -0.25) is 4.79 Å². The molecule has 0 saturated carbocycles. The van der Waals surface area contributed by atoms with Gasteiger partial charge in [0.15, 0.2) is 5.78 Å². The molecule has 2 N–H and O–H groups in total. The van der Waals surface area contributed by atoms with E-state index in [-0.39, 0.29) is 5.78 Å². The van der Waals surface area contributed by atoms with Crippen molar-refractivity contribution in [3.8, 4) is 0 Å². The standard InChI is InChI=1S/C13H19NO/c1-4-13(3,14)12(15)9-11-7-5-6-10(2)8-11/h5-8H,4,9,14H2,1-3H3. The molecule has 82 valence electrons. The van der Waals surface area contributed by atoms with Crippen LogP contribution in [0.4, 0.5) is 0 Å². The summed E-state index contributed by atoms with van der Waals surface area (Å²) in [7, 11) is 0. The minimum absolute atomic E-state index is 0.107. The Morgan fingerprint density at radius 1 is 1.47 bits per heavy atom. The predicted molar refractivity (Wildman–Crippen MR) is 62.8 cm³/mol. The molecule has 0 spiro atoms. The third-order valence-corrected chi connectivity index (χ3v) is 2.82. The van der Waals surface area contributed by atoms with E-state index in [1.54, 1.807) is 6.92 Å². The fraction of sp³-hybridized carbons (Fsp3) is 0.462. The van der Waals surface area contributed by atoms with Crippen LogP contribution >= 0.6 is 0 Å². The predicted octanol–water partition coefficient (Wildman–Crippen LogP) is 2.23. The molecule has 1 unspecified atom stereocenters. The summed E-state index contributed by atoms with van der Waals surface area (Å²) < 4.78 is 0. The highest BCUT2D eigenvalue weighted by atomic mass is 16.1. The smallest absolute Gasteiger partial charge is 0.156 e. The van der Waals surface area contributed by atoms with Crippen LogP contribution in [0.5, 0.6) is 0 Å². The molecule has 0 aromatic heterocycles. The Morgan fingerprint density at radius 2 is 2.13 bits per heavy atom. The minimum atomic E-state index is -0.691. The number of ketones is 1. The number of carbonyl (C=O) groups is 1. The largest absolute Gasteiger partial charge is 0.319 e. The van der Waals surface area contributed by atoms with Crippen LogP contribution in [-0.2, 0) is 11.2 Å². The summed E-state index contributed by atoms with van der Waals surface area (Å²) in [6.45, 7) is 5.76. The zero-order valence-corrected chi connectivity index (χ0v) is 9.71. The second kappa shape index (κ2) is 4.58. The van der Waals surface area contributed by atoms with Crippen LogP contribution in [0.2, 0.25) is 0 Å². The first-order valence-corrected chi connectivity index (χ1v) is 5.33. The van der Waals surface area contributed by atoms with Crippen molar-refractivity contribution in [3.05, 3.63) is 35.4 Å². The van der Waals surface area contributed by atoms with Crippen LogP contribution in [0.15, 0.2) is 24.3 Å². The summed E-state index contributed by atoms with van der Waals surface area (Å²) in [4.78, 5) is 11.9. The summed E-state index contributed by atoms with van der Waals surface area (Å²) in [6.07, 6.45) is 1.11. The van der Waals surface area contributed by atoms with Crippen molar-refractivity contribution < 1.29 is 4.79 Å². The van der Waals surface area contributed by atoms with E-state index in [0.29, 0.717) is 12.8 Å². The maximum atomic E-state index is 11.9. The van der Waals surface area contributed by atoms with Gasteiger partial charge < -0.3 is 5.73 Å². The van der Waals surface area contributed by atoms with Gasteiger partial charge in [0, 0.05) is 6.42 Å². The van der Waals surface area contributed by atoms with Crippen molar-refractivity contribution in [2.45, 2.75) is 39.2 Å². The van der Waals surface area contributed by atoms with E-state index < -0.39 is 5.54 Å². The SMILES string of the molecule is CCC(C)(N)C(=O)Cc1cccc(C)c1. The summed E-state index contributed by atoms with van der Waals surface area (Å²) in [6, 6.07) is 7.99. The average Bonchev–Trinajstić information content (AvgIpc) is 2.17. The Morgan fingerprint density at radius 3 is 2.67 bits per heavy atom. The first-order chi connectivity index (χ1) is 6.95. The topological polar surface area (TPSA) is 43.1 Å². The number of nitrogens with two attached hydrogens (primary N) is 1. The first-order valence-electron chi connectivity index (χ1n) is 5.33. The third-order valence-electron chi connectivity index (χ3n) is 2.82. The summed E-state index contributed by atoms with van der Waals surface area (Å²) >= 11 is 0. The van der Waals surface area contributed by atoms with Gasteiger partial charge in [-0.1, -0.05) is 36.8 Å². The molecule has 0 aliphatic rings. The van der Waals surface area contributed by atoms with E-state index in [2.05, 4.69) is 0 Å². The lowest BCUT2D eigenvalue weighted by Gasteiger charge is -2.20. The van der Waals surface area contributed by atoms with Gasteiger partial charge in [-0.25, -0.2) is 0 Å². The number of aryl methyl sites for hydroxylation is 1. The van der Waals surface area contributed by atoms with Gasteiger partial charge in [0.1, 0.15) is 0 Å². The molecule has 1 atom stereocenters. The highest BCUT2D eigenvalue weighted by molar-refractivity contribution is 5.89. The third kappa shape index (κ3) is 3.17. The summed E-state index contributed by atoms with van der Waals surface area (Å²) in [5.74, 6) is 0.107. The van der Waals surface area contributed by atoms with E-state index >= 15 is 0 Å². The zero-order chi connectivity index (χ0) is 11.5. The minimum Gasteiger partial charge on any atom is -0.319 e. The number of Topliss-reactive ketones (excluding diaryl/α,β-unsaturated/α-hetero) is 1. The van der Waals surface area contributed by atoms with E-state index in [0.717, 1.165) is 5.56 Å². The van der Waals surface area contributed by atoms with Gasteiger partial charge in [-0.15, -0.1) is 0 Å². The molecule has 0 bridgehead atoms. The van der Waals surface area contributed by atoms with Gasteiger partial charge in [-0.2, -0.15) is 0 Å². The maximum Gasteiger partial charge on any atom is 0.156 e. The molecule has 2 heteroatoms. The summed E-state index contributed by atoms with van der Waals surface area (Å²) in [5.41, 5.74) is 7.43. The van der Waals surface area contributed by atoms with Gasteiger partial charge in [0.2, 0.25) is 0 Å². The van der Waals surface area contributed by atoms with E-state index in [9.17, 15) is 4.79 Å². The molecule has 0 heterocycles. The van der Waals surface area contributed by atoms with Crippen LogP contribution in [0.1, 0.15) is 31.4 Å². The molecule has 0 fully saturated rings. The molecule has 0 aliphatic carbocycles. The molecular weight excluding hydrogens is 186 g/mol. The second-order valence-corrected chi connectivity index (χ2v) is 4.36. The quantitative estimate of drug-likeness (QED) is 0.819. The van der Waals surface area contributed by atoms with Gasteiger partial charge >= 0.3 is 0 Å².